The van der Waals surface area contributed by atoms with E-state index in [1.165, 1.54) is 6.33 Å². The summed E-state index contributed by atoms with van der Waals surface area (Å²) < 4.78 is 1.57. The molecular formula is C14H13N5O2. The molecule has 0 saturated carbocycles. The van der Waals surface area contributed by atoms with Gasteiger partial charge in [-0.15, -0.1) is 0 Å². The lowest BCUT2D eigenvalue weighted by Gasteiger charge is -2.04. The minimum atomic E-state index is -0.281. The van der Waals surface area contributed by atoms with E-state index in [2.05, 4.69) is 20.5 Å². The van der Waals surface area contributed by atoms with Crippen LogP contribution in [0.15, 0.2) is 42.9 Å². The average molecular weight is 283 g/mol. The largest absolute Gasteiger partial charge is 0.295 e. The van der Waals surface area contributed by atoms with Crippen molar-refractivity contribution >= 4 is 28.7 Å². The molecule has 21 heavy (non-hydrogen) atoms. The van der Waals surface area contributed by atoms with Crippen LogP contribution in [0, 0.1) is 0 Å². The van der Waals surface area contributed by atoms with Crippen molar-refractivity contribution < 1.29 is 9.59 Å². The van der Waals surface area contributed by atoms with Gasteiger partial charge in [-0.3, -0.25) is 19.5 Å². The first-order chi connectivity index (χ1) is 10.2. The number of aromatic amines is 1. The molecule has 0 radical (unpaired) electrons. The summed E-state index contributed by atoms with van der Waals surface area (Å²) in [4.78, 5) is 27.6. The van der Waals surface area contributed by atoms with E-state index in [0.29, 0.717) is 0 Å². The first-order valence-corrected chi connectivity index (χ1v) is 6.48. The normalized spacial score (nSPS) is 10.7. The zero-order chi connectivity index (χ0) is 14.7. The van der Waals surface area contributed by atoms with Crippen LogP contribution < -0.4 is 5.32 Å². The van der Waals surface area contributed by atoms with Crippen LogP contribution in [-0.2, 0) is 4.79 Å². The summed E-state index contributed by atoms with van der Waals surface area (Å²) in [5.41, 5.74) is 0.846. The molecule has 0 aliphatic rings. The fourth-order valence-electron chi connectivity index (χ4n) is 2.10. The molecule has 0 saturated heterocycles. The quantitative estimate of drug-likeness (QED) is 0.763. The Morgan fingerprint density at radius 2 is 2.05 bits per heavy atom. The Kier molecular flexibility index (Phi) is 3.46. The Morgan fingerprint density at radius 3 is 2.86 bits per heavy atom. The van der Waals surface area contributed by atoms with Gasteiger partial charge in [-0.1, -0.05) is 18.2 Å². The number of hydrogen-bond donors (Lipinski definition) is 2. The van der Waals surface area contributed by atoms with E-state index in [4.69, 9.17) is 0 Å². The van der Waals surface area contributed by atoms with Gasteiger partial charge in [0.1, 0.15) is 6.33 Å². The van der Waals surface area contributed by atoms with Crippen molar-refractivity contribution in [2.24, 2.45) is 0 Å². The lowest BCUT2D eigenvalue weighted by molar-refractivity contribution is -0.116. The van der Waals surface area contributed by atoms with Crippen molar-refractivity contribution in [2.75, 3.05) is 5.32 Å². The number of fused-ring (bicyclic) bond motifs is 1. The van der Waals surface area contributed by atoms with Gasteiger partial charge < -0.3 is 0 Å². The maximum absolute atomic E-state index is 12.2. The lowest BCUT2D eigenvalue weighted by atomic mass is 10.2. The molecule has 0 unspecified atom stereocenters. The van der Waals surface area contributed by atoms with Gasteiger partial charge in [-0.25, -0.2) is 5.10 Å². The Morgan fingerprint density at radius 1 is 1.19 bits per heavy atom. The maximum Gasteiger partial charge on any atom is 0.231 e. The lowest BCUT2D eigenvalue weighted by Crippen LogP contribution is -2.16. The molecule has 7 heteroatoms. The number of nitrogens with zero attached hydrogens (tertiary/aromatic N) is 3. The Labute approximate surface area is 120 Å². The van der Waals surface area contributed by atoms with Crippen LogP contribution in [0.25, 0.3) is 10.9 Å². The summed E-state index contributed by atoms with van der Waals surface area (Å²) in [6, 6.07) is 9.49. The third-order valence-corrected chi connectivity index (χ3v) is 3.11. The molecule has 0 spiro atoms. The Bertz CT molecular complexity index is 776. The number of H-pyrrole nitrogens is 1. The van der Waals surface area contributed by atoms with E-state index in [1.807, 2.05) is 30.3 Å². The van der Waals surface area contributed by atoms with Crippen LogP contribution in [-0.4, -0.2) is 31.6 Å². The van der Waals surface area contributed by atoms with Crippen molar-refractivity contribution in [3.05, 3.63) is 42.9 Å². The number of amides is 1. The minimum absolute atomic E-state index is 0.0893. The predicted molar refractivity (Wildman–Crippen MR) is 76.8 cm³/mol. The molecule has 2 aromatic heterocycles. The van der Waals surface area contributed by atoms with E-state index >= 15 is 0 Å². The second-order valence-corrected chi connectivity index (χ2v) is 4.52. The number of nitrogens with one attached hydrogen (secondary N) is 2. The number of rotatable bonds is 4. The standard InChI is InChI=1S/C14H13N5O2/c20-12(17-14-15-9-16-18-14)5-6-13(21)19-8-7-10-3-1-2-4-11(10)19/h1-4,7-9H,5-6H2,(H2,15,16,17,18,20). The molecule has 3 aromatic rings. The van der Waals surface area contributed by atoms with Gasteiger partial charge in [0.2, 0.25) is 17.8 Å². The number of para-hydroxylation sites is 1. The van der Waals surface area contributed by atoms with Gasteiger partial charge in [-0.05, 0) is 12.1 Å². The smallest absolute Gasteiger partial charge is 0.231 e. The molecule has 0 fully saturated rings. The second-order valence-electron chi connectivity index (χ2n) is 4.52. The highest BCUT2D eigenvalue weighted by molar-refractivity contribution is 5.96. The van der Waals surface area contributed by atoms with Gasteiger partial charge in [0.05, 0.1) is 5.52 Å². The van der Waals surface area contributed by atoms with Gasteiger partial charge in [0.15, 0.2) is 0 Å². The SMILES string of the molecule is O=C(CCC(=O)n1ccc2ccccc21)Nc1ncn[nH]1. The monoisotopic (exact) mass is 283 g/mol. The van der Waals surface area contributed by atoms with Gasteiger partial charge in [0, 0.05) is 24.4 Å². The fourth-order valence-corrected chi connectivity index (χ4v) is 2.10. The van der Waals surface area contributed by atoms with Crippen molar-refractivity contribution in [3.63, 3.8) is 0 Å². The molecule has 0 bridgehead atoms. The van der Waals surface area contributed by atoms with Crippen LogP contribution in [0.4, 0.5) is 5.95 Å². The minimum Gasteiger partial charge on any atom is -0.295 e. The Hall–Kier alpha value is -2.96. The summed E-state index contributed by atoms with van der Waals surface area (Å²) in [5, 5.41) is 9.67. The third-order valence-electron chi connectivity index (χ3n) is 3.11. The molecule has 1 aromatic carbocycles. The van der Waals surface area contributed by atoms with Crippen LogP contribution in [0.2, 0.25) is 0 Å². The molecule has 1 amide bonds. The number of carbonyl (C=O) groups excluding carboxylic acids is 2. The van der Waals surface area contributed by atoms with E-state index in [-0.39, 0.29) is 30.6 Å². The van der Waals surface area contributed by atoms with Crippen LogP contribution in [0.1, 0.15) is 17.6 Å². The highest BCUT2D eigenvalue weighted by Crippen LogP contribution is 2.15. The molecule has 7 nitrogen and oxygen atoms in total. The summed E-state index contributed by atoms with van der Waals surface area (Å²) in [7, 11) is 0. The average Bonchev–Trinajstić information content (AvgIpc) is 3.13. The fraction of sp³-hybridized carbons (Fsp3) is 0.143. The topological polar surface area (TPSA) is 92.7 Å². The first-order valence-electron chi connectivity index (χ1n) is 6.48. The predicted octanol–water partition coefficient (Wildman–Crippen LogP) is 1.82. The highest BCUT2D eigenvalue weighted by Gasteiger charge is 2.11. The van der Waals surface area contributed by atoms with Crippen LogP contribution >= 0.6 is 0 Å². The number of hydrogen-bond acceptors (Lipinski definition) is 4. The van der Waals surface area contributed by atoms with E-state index in [1.54, 1.807) is 10.8 Å². The van der Waals surface area contributed by atoms with Crippen LogP contribution in [0.3, 0.4) is 0 Å². The molecule has 0 atom stereocenters. The summed E-state index contributed by atoms with van der Waals surface area (Å²) in [6.45, 7) is 0. The maximum atomic E-state index is 12.2. The summed E-state index contributed by atoms with van der Waals surface area (Å²) in [5.74, 6) is -0.126. The molecular weight excluding hydrogens is 270 g/mol. The van der Waals surface area contributed by atoms with Gasteiger partial charge in [0.25, 0.3) is 0 Å². The number of aromatic nitrogens is 4. The number of benzene rings is 1. The summed E-state index contributed by atoms with van der Waals surface area (Å²) in [6.07, 6.45) is 3.23. The number of anilines is 1. The number of carbonyl (C=O) groups is 2. The van der Waals surface area contributed by atoms with E-state index in [0.717, 1.165) is 10.9 Å². The Balaban J connectivity index is 1.63. The molecule has 0 aliphatic carbocycles. The highest BCUT2D eigenvalue weighted by atomic mass is 16.2. The molecule has 0 aliphatic heterocycles. The van der Waals surface area contributed by atoms with Gasteiger partial charge in [-0.2, -0.15) is 10.1 Å². The van der Waals surface area contributed by atoms with Crippen molar-refractivity contribution in [3.8, 4) is 0 Å². The van der Waals surface area contributed by atoms with Crippen molar-refractivity contribution in [2.45, 2.75) is 12.8 Å². The van der Waals surface area contributed by atoms with Crippen LogP contribution in [0.5, 0.6) is 0 Å². The second kappa shape index (κ2) is 5.58. The molecule has 2 N–H and O–H groups in total. The van der Waals surface area contributed by atoms with E-state index < -0.39 is 0 Å². The zero-order valence-electron chi connectivity index (χ0n) is 11.1. The van der Waals surface area contributed by atoms with E-state index in [9.17, 15) is 9.59 Å². The van der Waals surface area contributed by atoms with Crippen molar-refractivity contribution in [1.29, 1.82) is 0 Å². The molecule has 3 rings (SSSR count). The molecule has 106 valence electrons. The van der Waals surface area contributed by atoms with Gasteiger partial charge >= 0.3 is 0 Å². The van der Waals surface area contributed by atoms with Crippen molar-refractivity contribution in [1.82, 2.24) is 19.7 Å². The third kappa shape index (κ3) is 2.81. The summed E-state index contributed by atoms with van der Waals surface area (Å²) >= 11 is 0. The molecule has 2 heterocycles. The zero-order valence-corrected chi connectivity index (χ0v) is 11.1. The first kappa shape index (κ1) is 13.0.